The maximum absolute atomic E-state index is 13.4. The first-order valence-corrected chi connectivity index (χ1v) is 7.63. The van der Waals surface area contributed by atoms with Crippen LogP contribution in [0.2, 0.25) is 0 Å². The molecule has 1 aromatic heterocycles. The van der Waals surface area contributed by atoms with E-state index >= 15 is 0 Å². The molecule has 1 nitrogen and oxygen atoms in total. The van der Waals surface area contributed by atoms with Crippen LogP contribution >= 0.6 is 11.3 Å². The summed E-state index contributed by atoms with van der Waals surface area (Å²) < 4.78 is 27.6. The van der Waals surface area contributed by atoms with Crippen molar-refractivity contribution >= 4 is 21.4 Å². The molecule has 0 spiro atoms. The van der Waals surface area contributed by atoms with Crippen LogP contribution in [0.1, 0.15) is 36.6 Å². The highest BCUT2D eigenvalue weighted by Crippen LogP contribution is 2.34. The second-order valence-electron chi connectivity index (χ2n) is 5.17. The molecule has 0 atom stereocenters. The average molecular weight is 281 g/mol. The molecular weight excluding hydrogens is 264 g/mol. The maximum Gasteiger partial charge on any atom is 0.160 e. The second kappa shape index (κ2) is 5.17. The van der Waals surface area contributed by atoms with Gasteiger partial charge in [0.2, 0.25) is 0 Å². The quantitative estimate of drug-likeness (QED) is 0.857. The minimum atomic E-state index is -0.751. The van der Waals surface area contributed by atoms with E-state index in [1.54, 1.807) is 11.3 Å². The number of hydrogen-bond acceptors (Lipinski definition) is 2. The summed E-state index contributed by atoms with van der Waals surface area (Å²) in [5, 5.41) is 4.37. The summed E-state index contributed by atoms with van der Waals surface area (Å²) in [5.74, 6) is -1.50. The van der Waals surface area contributed by atoms with E-state index in [9.17, 15) is 8.78 Å². The molecule has 0 saturated heterocycles. The lowest BCUT2D eigenvalue weighted by Crippen LogP contribution is -2.15. The van der Waals surface area contributed by atoms with Gasteiger partial charge in [-0.2, -0.15) is 0 Å². The number of fused-ring (bicyclic) bond motifs is 1. The van der Waals surface area contributed by atoms with Gasteiger partial charge < -0.3 is 5.32 Å². The Morgan fingerprint density at radius 1 is 1.26 bits per heavy atom. The first-order valence-electron chi connectivity index (χ1n) is 6.81. The fraction of sp³-hybridized carbons (Fsp3) is 0.467. The van der Waals surface area contributed by atoms with Crippen molar-refractivity contribution in [3.05, 3.63) is 34.2 Å². The number of rotatable bonds is 5. The lowest BCUT2D eigenvalue weighted by Gasteiger charge is -2.04. The molecule has 0 radical (unpaired) electrons. The smallest absolute Gasteiger partial charge is 0.160 e. The SMILES string of the molecule is CCCc1c(CNC2CC2)sc2cc(F)c(F)cc12. The van der Waals surface area contributed by atoms with Gasteiger partial charge in [0, 0.05) is 22.2 Å². The van der Waals surface area contributed by atoms with E-state index < -0.39 is 11.6 Å². The van der Waals surface area contributed by atoms with Crippen LogP contribution < -0.4 is 5.32 Å². The molecule has 0 aliphatic heterocycles. The standard InChI is InChI=1S/C15H17F2NS/c1-2-3-10-11-6-12(16)13(17)7-14(11)19-15(10)8-18-9-4-5-9/h6-7,9,18H,2-5,8H2,1H3. The van der Waals surface area contributed by atoms with Gasteiger partial charge in [-0.15, -0.1) is 11.3 Å². The van der Waals surface area contributed by atoms with E-state index in [0.717, 1.165) is 29.5 Å². The van der Waals surface area contributed by atoms with E-state index in [1.807, 2.05) is 0 Å². The Hall–Kier alpha value is -1.00. The molecule has 4 heteroatoms. The van der Waals surface area contributed by atoms with Crippen LogP contribution in [0.4, 0.5) is 8.78 Å². The summed E-state index contributed by atoms with van der Waals surface area (Å²) in [4.78, 5) is 1.23. The van der Waals surface area contributed by atoms with Gasteiger partial charge >= 0.3 is 0 Å². The van der Waals surface area contributed by atoms with Crippen molar-refractivity contribution in [2.24, 2.45) is 0 Å². The Labute approximate surface area is 115 Å². The first-order chi connectivity index (χ1) is 9.19. The molecule has 1 aliphatic carbocycles. The van der Waals surface area contributed by atoms with Crippen LogP contribution in [0, 0.1) is 11.6 Å². The monoisotopic (exact) mass is 281 g/mol. The molecule has 1 heterocycles. The molecule has 0 amide bonds. The predicted octanol–water partition coefficient (Wildman–Crippen LogP) is 4.38. The molecule has 1 N–H and O–H groups in total. The highest BCUT2D eigenvalue weighted by Gasteiger charge is 2.22. The predicted molar refractivity (Wildman–Crippen MR) is 75.6 cm³/mol. The summed E-state index contributed by atoms with van der Waals surface area (Å²) in [7, 11) is 0. The minimum Gasteiger partial charge on any atom is -0.309 e. The number of nitrogens with one attached hydrogen (secondary N) is 1. The first kappa shape index (κ1) is 13.0. The van der Waals surface area contributed by atoms with Gasteiger partial charge in [0.05, 0.1) is 0 Å². The molecule has 1 aromatic carbocycles. The summed E-state index contributed by atoms with van der Waals surface area (Å²) in [6, 6.07) is 3.33. The van der Waals surface area contributed by atoms with Gasteiger partial charge in [-0.05, 0) is 42.3 Å². The average Bonchev–Trinajstić information content (AvgIpc) is 3.15. The van der Waals surface area contributed by atoms with Crippen molar-refractivity contribution in [1.82, 2.24) is 5.32 Å². The molecule has 1 aliphatic rings. The van der Waals surface area contributed by atoms with Gasteiger partial charge in [-0.1, -0.05) is 13.3 Å². The molecule has 0 bridgehead atoms. The molecule has 3 rings (SSSR count). The topological polar surface area (TPSA) is 12.0 Å². The highest BCUT2D eigenvalue weighted by molar-refractivity contribution is 7.19. The van der Waals surface area contributed by atoms with Crippen molar-refractivity contribution in [2.75, 3.05) is 0 Å². The van der Waals surface area contributed by atoms with Crippen molar-refractivity contribution in [1.29, 1.82) is 0 Å². The number of halogens is 2. The van der Waals surface area contributed by atoms with Gasteiger partial charge in [-0.25, -0.2) is 8.78 Å². The van der Waals surface area contributed by atoms with Crippen LogP contribution in [-0.2, 0) is 13.0 Å². The molecule has 0 unspecified atom stereocenters. The van der Waals surface area contributed by atoms with E-state index in [2.05, 4.69) is 12.2 Å². The van der Waals surface area contributed by atoms with Crippen LogP contribution in [-0.4, -0.2) is 6.04 Å². The van der Waals surface area contributed by atoms with E-state index in [-0.39, 0.29) is 0 Å². The van der Waals surface area contributed by atoms with Crippen molar-refractivity contribution in [3.63, 3.8) is 0 Å². The van der Waals surface area contributed by atoms with Gasteiger partial charge in [0.25, 0.3) is 0 Å². The summed E-state index contributed by atoms with van der Waals surface area (Å²) in [6.45, 7) is 2.93. The van der Waals surface area contributed by atoms with Gasteiger partial charge in [-0.3, -0.25) is 0 Å². The van der Waals surface area contributed by atoms with Gasteiger partial charge in [0.1, 0.15) is 0 Å². The molecular formula is C15H17F2NS. The Morgan fingerprint density at radius 3 is 2.68 bits per heavy atom. The molecule has 102 valence electrons. The lowest BCUT2D eigenvalue weighted by molar-refractivity contribution is 0.511. The number of thiophene rings is 1. The van der Waals surface area contributed by atoms with E-state index in [0.29, 0.717) is 6.04 Å². The number of benzene rings is 1. The fourth-order valence-corrected chi connectivity index (χ4v) is 3.60. The molecule has 19 heavy (non-hydrogen) atoms. The van der Waals surface area contributed by atoms with Crippen LogP contribution in [0.3, 0.4) is 0 Å². The third-order valence-electron chi connectivity index (χ3n) is 3.55. The minimum absolute atomic E-state index is 0.646. The number of hydrogen-bond donors (Lipinski definition) is 1. The van der Waals surface area contributed by atoms with Crippen molar-refractivity contribution in [3.8, 4) is 0 Å². The molecule has 1 fully saturated rings. The Kier molecular flexibility index (Phi) is 3.54. The highest BCUT2D eigenvalue weighted by atomic mass is 32.1. The zero-order valence-electron chi connectivity index (χ0n) is 10.9. The van der Waals surface area contributed by atoms with Gasteiger partial charge in [0.15, 0.2) is 11.6 Å². The Bertz CT molecular complexity index is 602. The third kappa shape index (κ3) is 2.65. The van der Waals surface area contributed by atoms with Crippen LogP contribution in [0.5, 0.6) is 0 Å². The fourth-order valence-electron chi connectivity index (χ4n) is 2.38. The van der Waals surface area contributed by atoms with Crippen LogP contribution in [0.15, 0.2) is 12.1 Å². The second-order valence-corrected chi connectivity index (χ2v) is 6.31. The third-order valence-corrected chi connectivity index (χ3v) is 4.74. The van der Waals surface area contributed by atoms with Crippen molar-refractivity contribution in [2.45, 2.75) is 45.2 Å². The summed E-state index contributed by atoms with van der Waals surface area (Å²) >= 11 is 1.59. The van der Waals surface area contributed by atoms with E-state index in [4.69, 9.17) is 0 Å². The number of aryl methyl sites for hydroxylation is 1. The summed E-state index contributed by atoms with van der Waals surface area (Å²) in [5.41, 5.74) is 1.19. The van der Waals surface area contributed by atoms with Crippen LogP contribution in [0.25, 0.3) is 10.1 Å². The normalized spacial score (nSPS) is 15.3. The summed E-state index contributed by atoms with van der Waals surface area (Å²) in [6.07, 6.45) is 4.43. The molecule has 2 aromatic rings. The molecule has 1 saturated carbocycles. The largest absolute Gasteiger partial charge is 0.309 e. The van der Waals surface area contributed by atoms with E-state index in [1.165, 1.54) is 35.4 Å². The van der Waals surface area contributed by atoms with Crippen molar-refractivity contribution < 1.29 is 8.78 Å². The Morgan fingerprint density at radius 2 is 2.00 bits per heavy atom. The zero-order valence-corrected chi connectivity index (χ0v) is 11.7. The Balaban J connectivity index is 2.00. The zero-order chi connectivity index (χ0) is 13.4. The lowest BCUT2D eigenvalue weighted by atomic mass is 10.1. The maximum atomic E-state index is 13.4.